The summed E-state index contributed by atoms with van der Waals surface area (Å²) in [6.45, 7) is 8.95. The molecule has 0 heteroatoms. The summed E-state index contributed by atoms with van der Waals surface area (Å²) in [6.07, 6.45) is 12.4. The molecule has 14 heavy (non-hydrogen) atoms. The highest BCUT2D eigenvalue weighted by Crippen LogP contribution is 2.18. The highest BCUT2D eigenvalue weighted by molar-refractivity contribution is 4.93. The average molecular weight is 198 g/mol. The van der Waals surface area contributed by atoms with Gasteiger partial charge in [-0.3, -0.25) is 0 Å². The summed E-state index contributed by atoms with van der Waals surface area (Å²) < 4.78 is 0. The minimum atomic E-state index is 0. The Kier molecular flexibility index (Phi) is 14.4. The second-order valence-corrected chi connectivity index (χ2v) is 4.35. The van der Waals surface area contributed by atoms with Crippen molar-refractivity contribution >= 4 is 0 Å². The van der Waals surface area contributed by atoms with E-state index in [2.05, 4.69) is 52.0 Å². The van der Waals surface area contributed by atoms with E-state index in [-0.39, 0.29) is 14.9 Å². The molecule has 0 rings (SSSR count). The Morgan fingerprint density at radius 3 is 1.79 bits per heavy atom. The number of hydrogen-bond donors (Lipinski definition) is 0. The van der Waals surface area contributed by atoms with Crippen LogP contribution in [-0.2, 0) is 0 Å². The van der Waals surface area contributed by atoms with Crippen LogP contribution in [0, 0.1) is 5.41 Å². The molecule has 0 N–H and O–H groups in total. The van der Waals surface area contributed by atoms with Crippen LogP contribution in [0.1, 0.15) is 61.8 Å². The first kappa shape index (κ1) is 19.1. The SMILES string of the molecule is C.C.CC/C=C\C/C=C\CC(C)(C)C. The molecule has 0 aliphatic rings. The molecule has 0 aliphatic carbocycles. The molecule has 0 nitrogen and oxygen atoms in total. The van der Waals surface area contributed by atoms with Crippen molar-refractivity contribution in [3.8, 4) is 0 Å². The van der Waals surface area contributed by atoms with Crippen molar-refractivity contribution in [2.75, 3.05) is 0 Å². The van der Waals surface area contributed by atoms with E-state index in [1.165, 1.54) is 6.42 Å². The van der Waals surface area contributed by atoms with E-state index < -0.39 is 0 Å². The smallest absolute Gasteiger partial charge is 0.0169 e. The highest BCUT2D eigenvalue weighted by Gasteiger charge is 2.05. The van der Waals surface area contributed by atoms with Crippen LogP contribution in [0.15, 0.2) is 24.3 Å². The van der Waals surface area contributed by atoms with Gasteiger partial charge in [0.25, 0.3) is 0 Å². The zero-order valence-corrected chi connectivity index (χ0v) is 8.93. The number of allylic oxidation sites excluding steroid dienone is 4. The summed E-state index contributed by atoms with van der Waals surface area (Å²) in [6, 6.07) is 0. The fourth-order valence-corrected chi connectivity index (χ4v) is 0.875. The minimum absolute atomic E-state index is 0. The third-order valence-electron chi connectivity index (χ3n) is 1.57. The van der Waals surface area contributed by atoms with Gasteiger partial charge in [0.1, 0.15) is 0 Å². The first-order valence-electron chi connectivity index (χ1n) is 4.86. The molecule has 0 amide bonds. The van der Waals surface area contributed by atoms with Crippen LogP contribution in [-0.4, -0.2) is 0 Å². The summed E-state index contributed by atoms with van der Waals surface area (Å²) in [5.74, 6) is 0. The van der Waals surface area contributed by atoms with Crippen molar-refractivity contribution in [3.05, 3.63) is 24.3 Å². The predicted octanol–water partition coefficient (Wildman–Crippen LogP) is 5.61. The Balaban J connectivity index is -0.000000605. The third-order valence-corrected chi connectivity index (χ3v) is 1.57. The van der Waals surface area contributed by atoms with Gasteiger partial charge < -0.3 is 0 Å². The van der Waals surface area contributed by atoms with Gasteiger partial charge in [-0.15, -0.1) is 0 Å². The number of rotatable bonds is 4. The topological polar surface area (TPSA) is 0 Å². The minimum Gasteiger partial charge on any atom is -0.0885 e. The second-order valence-electron chi connectivity index (χ2n) is 4.35. The summed E-state index contributed by atoms with van der Waals surface area (Å²) in [7, 11) is 0. The lowest BCUT2D eigenvalue weighted by atomic mass is 9.92. The van der Waals surface area contributed by atoms with E-state index in [9.17, 15) is 0 Å². The Morgan fingerprint density at radius 1 is 0.857 bits per heavy atom. The van der Waals surface area contributed by atoms with Gasteiger partial charge in [-0.25, -0.2) is 0 Å². The first-order chi connectivity index (χ1) is 5.56. The Labute approximate surface area is 92.1 Å². The molecule has 0 unspecified atom stereocenters. The van der Waals surface area contributed by atoms with Crippen molar-refractivity contribution in [2.45, 2.75) is 61.8 Å². The number of hydrogen-bond acceptors (Lipinski definition) is 0. The standard InChI is InChI=1S/C12H22.2CH4/c1-5-6-7-8-9-10-11-12(2,3)4;;/h6-7,9-10H,5,8,11H2,1-4H3;2*1H4/b7-6-,10-9-;;. The van der Waals surface area contributed by atoms with Gasteiger partial charge in [0.05, 0.1) is 0 Å². The summed E-state index contributed by atoms with van der Waals surface area (Å²) in [5, 5.41) is 0. The van der Waals surface area contributed by atoms with Crippen LogP contribution < -0.4 is 0 Å². The summed E-state index contributed by atoms with van der Waals surface area (Å²) in [4.78, 5) is 0. The Morgan fingerprint density at radius 2 is 1.36 bits per heavy atom. The molecule has 0 heterocycles. The Bertz CT molecular complexity index is 144. The lowest BCUT2D eigenvalue weighted by Gasteiger charge is -2.14. The fourth-order valence-electron chi connectivity index (χ4n) is 0.875. The quantitative estimate of drug-likeness (QED) is 0.515. The van der Waals surface area contributed by atoms with Crippen molar-refractivity contribution in [1.29, 1.82) is 0 Å². The molecule has 0 radical (unpaired) electrons. The van der Waals surface area contributed by atoms with E-state index in [0.717, 1.165) is 12.8 Å². The van der Waals surface area contributed by atoms with Crippen molar-refractivity contribution < 1.29 is 0 Å². The molecule has 0 saturated heterocycles. The van der Waals surface area contributed by atoms with Crippen LogP contribution in [0.4, 0.5) is 0 Å². The molecule has 0 saturated carbocycles. The van der Waals surface area contributed by atoms with E-state index in [4.69, 9.17) is 0 Å². The van der Waals surface area contributed by atoms with Crippen LogP contribution in [0.3, 0.4) is 0 Å². The van der Waals surface area contributed by atoms with Crippen molar-refractivity contribution in [1.82, 2.24) is 0 Å². The second kappa shape index (κ2) is 10.6. The van der Waals surface area contributed by atoms with Crippen molar-refractivity contribution in [3.63, 3.8) is 0 Å². The van der Waals surface area contributed by atoms with Gasteiger partial charge in [-0.05, 0) is 24.7 Å². The van der Waals surface area contributed by atoms with Gasteiger partial charge in [0.2, 0.25) is 0 Å². The molecule has 0 bridgehead atoms. The van der Waals surface area contributed by atoms with Crippen LogP contribution >= 0.6 is 0 Å². The zero-order valence-electron chi connectivity index (χ0n) is 8.93. The lowest BCUT2D eigenvalue weighted by Crippen LogP contribution is -2.01. The van der Waals surface area contributed by atoms with E-state index in [0.29, 0.717) is 5.41 Å². The van der Waals surface area contributed by atoms with Gasteiger partial charge in [-0.2, -0.15) is 0 Å². The molecule has 0 aromatic carbocycles. The molecule has 86 valence electrons. The summed E-state index contributed by atoms with van der Waals surface area (Å²) in [5.41, 5.74) is 0.435. The van der Waals surface area contributed by atoms with Crippen LogP contribution in [0.5, 0.6) is 0 Å². The van der Waals surface area contributed by atoms with E-state index >= 15 is 0 Å². The fraction of sp³-hybridized carbons (Fsp3) is 0.714. The largest absolute Gasteiger partial charge is 0.0885 e. The molecule has 0 aromatic heterocycles. The van der Waals surface area contributed by atoms with Gasteiger partial charge in [0.15, 0.2) is 0 Å². The normalized spacial score (nSPS) is 11.4. The molecule has 0 aromatic rings. The average Bonchev–Trinajstić information content (AvgIpc) is 1.94. The van der Waals surface area contributed by atoms with Gasteiger partial charge in [-0.1, -0.05) is 66.9 Å². The molecule has 0 aliphatic heterocycles. The molecular weight excluding hydrogens is 168 g/mol. The van der Waals surface area contributed by atoms with Gasteiger partial charge in [0, 0.05) is 0 Å². The Hall–Kier alpha value is -0.520. The van der Waals surface area contributed by atoms with Gasteiger partial charge >= 0.3 is 0 Å². The summed E-state index contributed by atoms with van der Waals surface area (Å²) >= 11 is 0. The van der Waals surface area contributed by atoms with E-state index in [1.54, 1.807) is 0 Å². The van der Waals surface area contributed by atoms with Crippen molar-refractivity contribution in [2.24, 2.45) is 5.41 Å². The maximum absolute atomic E-state index is 2.28. The molecule has 0 atom stereocenters. The monoisotopic (exact) mass is 198 g/mol. The molecule has 0 spiro atoms. The molecule has 0 fully saturated rings. The zero-order chi connectivity index (χ0) is 9.45. The van der Waals surface area contributed by atoms with Crippen LogP contribution in [0.25, 0.3) is 0 Å². The third kappa shape index (κ3) is 17.5. The molecular formula is C14H30. The maximum atomic E-state index is 2.28. The maximum Gasteiger partial charge on any atom is -0.0169 e. The predicted molar refractivity (Wildman–Crippen MR) is 70.7 cm³/mol. The first-order valence-corrected chi connectivity index (χ1v) is 4.86. The van der Waals surface area contributed by atoms with Crippen LogP contribution in [0.2, 0.25) is 0 Å². The lowest BCUT2D eigenvalue weighted by molar-refractivity contribution is 0.420. The van der Waals surface area contributed by atoms with E-state index in [1.807, 2.05) is 0 Å². The highest BCUT2D eigenvalue weighted by atomic mass is 14.1.